The van der Waals surface area contributed by atoms with Gasteiger partial charge in [0.2, 0.25) is 5.82 Å². The van der Waals surface area contributed by atoms with Gasteiger partial charge in [-0.3, -0.25) is 5.10 Å². The van der Waals surface area contributed by atoms with Crippen molar-refractivity contribution < 1.29 is 0 Å². The highest BCUT2D eigenvalue weighted by atomic mass is 15.2. The summed E-state index contributed by atoms with van der Waals surface area (Å²) in [6.45, 7) is 6.30. The molecule has 0 saturated carbocycles. The van der Waals surface area contributed by atoms with Gasteiger partial charge in [0.1, 0.15) is 0 Å². The van der Waals surface area contributed by atoms with Crippen LogP contribution in [0, 0.1) is 0 Å². The highest BCUT2D eigenvalue weighted by Gasteiger charge is 2.04. The van der Waals surface area contributed by atoms with Crippen molar-refractivity contribution in [2.75, 3.05) is 18.0 Å². The highest BCUT2D eigenvalue weighted by molar-refractivity contribution is 5.87. The van der Waals surface area contributed by atoms with Crippen LogP contribution in [0.5, 0.6) is 0 Å². The number of benzene rings is 2. The second kappa shape index (κ2) is 6.39. The van der Waals surface area contributed by atoms with E-state index < -0.39 is 0 Å². The van der Waals surface area contributed by atoms with E-state index in [4.69, 9.17) is 0 Å². The summed E-state index contributed by atoms with van der Waals surface area (Å²) < 4.78 is 0. The van der Waals surface area contributed by atoms with Crippen molar-refractivity contribution in [3.63, 3.8) is 0 Å². The van der Waals surface area contributed by atoms with Gasteiger partial charge >= 0.3 is 0 Å². The number of anilines is 1. The van der Waals surface area contributed by atoms with Crippen LogP contribution in [-0.4, -0.2) is 23.3 Å². The van der Waals surface area contributed by atoms with Gasteiger partial charge in [-0.25, -0.2) is 0 Å². The van der Waals surface area contributed by atoms with E-state index in [0.29, 0.717) is 5.82 Å². The molecule has 0 aliphatic carbocycles. The molecule has 0 aliphatic heterocycles. The first-order chi connectivity index (χ1) is 10.8. The second-order valence-electron chi connectivity index (χ2n) is 4.98. The van der Waals surface area contributed by atoms with Crippen molar-refractivity contribution in [1.29, 1.82) is 0 Å². The number of hydrogen-bond acceptors (Lipinski definition) is 4. The molecule has 112 valence electrons. The number of azo groups is 1. The van der Waals surface area contributed by atoms with E-state index in [1.165, 1.54) is 5.69 Å². The van der Waals surface area contributed by atoms with Gasteiger partial charge in [-0.2, -0.15) is 5.10 Å². The lowest BCUT2D eigenvalue weighted by Crippen LogP contribution is -2.21. The van der Waals surface area contributed by atoms with Crippen LogP contribution < -0.4 is 4.90 Å². The number of para-hydroxylation sites is 1. The fourth-order valence-corrected chi connectivity index (χ4v) is 2.45. The maximum Gasteiger partial charge on any atom is 0.203 e. The van der Waals surface area contributed by atoms with Gasteiger partial charge < -0.3 is 4.90 Å². The topological polar surface area (TPSA) is 56.6 Å². The molecule has 5 nitrogen and oxygen atoms in total. The van der Waals surface area contributed by atoms with Crippen LogP contribution >= 0.6 is 0 Å². The summed E-state index contributed by atoms with van der Waals surface area (Å²) in [7, 11) is 0. The van der Waals surface area contributed by atoms with Crippen molar-refractivity contribution in [3.8, 4) is 0 Å². The molecule has 0 aliphatic rings. The summed E-state index contributed by atoms with van der Waals surface area (Å²) >= 11 is 0. The fourth-order valence-electron chi connectivity index (χ4n) is 2.45. The molecule has 3 aromatic rings. The van der Waals surface area contributed by atoms with Crippen LogP contribution in [0.2, 0.25) is 0 Å². The quantitative estimate of drug-likeness (QED) is 0.685. The lowest BCUT2D eigenvalue weighted by Gasteiger charge is -2.20. The van der Waals surface area contributed by atoms with Crippen LogP contribution in [0.15, 0.2) is 58.8 Å². The Morgan fingerprint density at radius 2 is 1.68 bits per heavy atom. The van der Waals surface area contributed by atoms with Crippen molar-refractivity contribution in [2.45, 2.75) is 13.8 Å². The Bertz CT molecular complexity index is 769. The maximum atomic E-state index is 4.27. The first-order valence-electron chi connectivity index (χ1n) is 7.51. The normalized spacial score (nSPS) is 11.4. The van der Waals surface area contributed by atoms with Gasteiger partial charge in [0.05, 0.1) is 11.2 Å². The van der Waals surface area contributed by atoms with Crippen molar-refractivity contribution in [1.82, 2.24) is 10.2 Å². The molecular weight excluding hydrogens is 274 g/mol. The van der Waals surface area contributed by atoms with Crippen molar-refractivity contribution >= 4 is 28.1 Å². The molecule has 0 radical (unpaired) electrons. The van der Waals surface area contributed by atoms with Gasteiger partial charge in [0, 0.05) is 24.2 Å². The first kappa shape index (κ1) is 14.3. The molecule has 3 rings (SSSR count). The Morgan fingerprint density at radius 3 is 2.41 bits per heavy atom. The van der Waals surface area contributed by atoms with E-state index >= 15 is 0 Å². The molecule has 0 saturated heterocycles. The third-order valence-electron chi connectivity index (χ3n) is 3.69. The third kappa shape index (κ3) is 2.83. The standard InChI is InChI=1S/C17H19N5/c1-3-22(4-2)14-11-9-13(10-12-14)18-20-17-15-7-5-6-8-16(15)19-21-17/h5-12H,3-4H2,1-2H3,(H,19,21). The summed E-state index contributed by atoms with van der Waals surface area (Å²) in [6.07, 6.45) is 0. The largest absolute Gasteiger partial charge is 0.372 e. The van der Waals surface area contributed by atoms with E-state index in [0.717, 1.165) is 29.7 Å². The second-order valence-corrected chi connectivity index (χ2v) is 4.98. The Hall–Kier alpha value is -2.69. The molecule has 2 aromatic carbocycles. The smallest absolute Gasteiger partial charge is 0.203 e. The third-order valence-corrected chi connectivity index (χ3v) is 3.69. The highest BCUT2D eigenvalue weighted by Crippen LogP contribution is 2.25. The molecule has 0 atom stereocenters. The molecule has 0 unspecified atom stereocenters. The van der Waals surface area contributed by atoms with Crippen LogP contribution in [-0.2, 0) is 0 Å². The number of nitrogens with zero attached hydrogens (tertiary/aromatic N) is 4. The van der Waals surface area contributed by atoms with Gasteiger partial charge in [-0.15, -0.1) is 10.2 Å². The van der Waals surface area contributed by atoms with E-state index in [1.807, 2.05) is 36.4 Å². The van der Waals surface area contributed by atoms with Crippen LogP contribution in [0.4, 0.5) is 17.2 Å². The minimum absolute atomic E-state index is 0.614. The number of aromatic nitrogens is 2. The molecule has 1 N–H and O–H groups in total. The summed E-state index contributed by atoms with van der Waals surface area (Å²) in [6, 6.07) is 16.0. The average molecular weight is 293 g/mol. The number of fused-ring (bicyclic) bond motifs is 1. The van der Waals surface area contributed by atoms with E-state index in [2.05, 4.69) is 51.3 Å². The number of rotatable bonds is 5. The minimum Gasteiger partial charge on any atom is -0.372 e. The van der Waals surface area contributed by atoms with Gasteiger partial charge in [0.25, 0.3) is 0 Å². The fraction of sp³-hybridized carbons (Fsp3) is 0.235. The summed E-state index contributed by atoms with van der Waals surface area (Å²) in [5.74, 6) is 0.614. The first-order valence-corrected chi connectivity index (χ1v) is 7.51. The summed E-state index contributed by atoms with van der Waals surface area (Å²) in [4.78, 5) is 2.29. The molecule has 0 fully saturated rings. The predicted octanol–water partition coefficient (Wildman–Crippen LogP) is 4.82. The number of aromatic amines is 1. The number of hydrogen-bond donors (Lipinski definition) is 1. The van der Waals surface area contributed by atoms with Crippen molar-refractivity contribution in [3.05, 3.63) is 48.5 Å². The Labute approximate surface area is 129 Å². The lowest BCUT2D eigenvalue weighted by molar-refractivity contribution is 0.866. The minimum atomic E-state index is 0.614. The lowest BCUT2D eigenvalue weighted by atomic mass is 10.2. The summed E-state index contributed by atoms with van der Waals surface area (Å²) in [5, 5.41) is 16.6. The SMILES string of the molecule is CCN(CC)c1ccc(N=Nc2n[nH]c3ccccc23)cc1. The maximum absolute atomic E-state index is 4.27. The molecule has 0 amide bonds. The zero-order valence-corrected chi connectivity index (χ0v) is 12.8. The van der Waals surface area contributed by atoms with E-state index in [-0.39, 0.29) is 0 Å². The average Bonchev–Trinajstić information content (AvgIpc) is 2.98. The monoisotopic (exact) mass is 293 g/mol. The number of nitrogens with one attached hydrogen (secondary N) is 1. The van der Waals surface area contributed by atoms with E-state index in [1.54, 1.807) is 0 Å². The predicted molar refractivity (Wildman–Crippen MR) is 90.3 cm³/mol. The molecular formula is C17H19N5. The van der Waals surface area contributed by atoms with Crippen LogP contribution in [0.25, 0.3) is 10.9 Å². The molecule has 0 spiro atoms. The Balaban J connectivity index is 1.81. The molecule has 0 bridgehead atoms. The zero-order chi connectivity index (χ0) is 15.4. The molecule has 5 heteroatoms. The van der Waals surface area contributed by atoms with Crippen LogP contribution in [0.1, 0.15) is 13.8 Å². The molecule has 1 heterocycles. The zero-order valence-electron chi connectivity index (χ0n) is 12.8. The Kier molecular flexibility index (Phi) is 4.14. The molecule has 22 heavy (non-hydrogen) atoms. The van der Waals surface area contributed by atoms with Crippen LogP contribution in [0.3, 0.4) is 0 Å². The van der Waals surface area contributed by atoms with Gasteiger partial charge in [-0.05, 0) is 50.2 Å². The van der Waals surface area contributed by atoms with Gasteiger partial charge in [0.15, 0.2) is 0 Å². The Morgan fingerprint density at radius 1 is 0.955 bits per heavy atom. The van der Waals surface area contributed by atoms with Gasteiger partial charge in [-0.1, -0.05) is 12.1 Å². The van der Waals surface area contributed by atoms with E-state index in [9.17, 15) is 0 Å². The summed E-state index contributed by atoms with van der Waals surface area (Å²) in [5.41, 5.74) is 2.99. The van der Waals surface area contributed by atoms with Crippen molar-refractivity contribution in [2.24, 2.45) is 10.2 Å². The molecule has 1 aromatic heterocycles. The number of H-pyrrole nitrogens is 1.